The van der Waals surface area contributed by atoms with Crippen LogP contribution in [0.15, 0.2) is 24.3 Å². The van der Waals surface area contributed by atoms with Crippen LogP contribution in [0.25, 0.3) is 0 Å². The van der Waals surface area contributed by atoms with Gasteiger partial charge in [-0.25, -0.2) is 0 Å². The van der Waals surface area contributed by atoms with Crippen LogP contribution >= 0.6 is 0 Å². The van der Waals surface area contributed by atoms with E-state index in [2.05, 4.69) is 55.4 Å². The molecule has 19 heavy (non-hydrogen) atoms. The molecule has 1 unspecified atom stereocenters. The molecule has 1 aliphatic rings. The molecule has 1 aromatic rings. The first kappa shape index (κ1) is 14.4. The minimum atomic E-state index is 0.426. The van der Waals surface area contributed by atoms with E-state index in [0.29, 0.717) is 6.04 Å². The van der Waals surface area contributed by atoms with Crippen LogP contribution in [0.2, 0.25) is 0 Å². The molecule has 0 aromatic heterocycles. The van der Waals surface area contributed by atoms with E-state index in [1.165, 1.54) is 36.9 Å². The Morgan fingerprint density at radius 2 is 1.68 bits per heavy atom. The van der Waals surface area contributed by atoms with Crippen LogP contribution in [0.1, 0.15) is 51.1 Å². The van der Waals surface area contributed by atoms with E-state index in [1.807, 2.05) is 7.05 Å². The van der Waals surface area contributed by atoms with Gasteiger partial charge < -0.3 is 10.2 Å². The quantitative estimate of drug-likeness (QED) is 0.881. The molecule has 1 atom stereocenters. The number of nitrogens with one attached hydrogen (secondary N) is 1. The highest BCUT2D eigenvalue weighted by Crippen LogP contribution is 2.29. The fourth-order valence-electron chi connectivity index (χ4n) is 3.01. The van der Waals surface area contributed by atoms with Gasteiger partial charge >= 0.3 is 0 Å². The predicted molar refractivity (Wildman–Crippen MR) is 83.7 cm³/mol. The van der Waals surface area contributed by atoms with Crippen LogP contribution < -0.4 is 10.2 Å². The molecule has 2 nitrogen and oxygen atoms in total. The Labute approximate surface area is 118 Å². The van der Waals surface area contributed by atoms with Crippen LogP contribution in [0.4, 0.5) is 5.69 Å². The van der Waals surface area contributed by atoms with E-state index in [4.69, 9.17) is 0 Å². The third-order valence-corrected chi connectivity index (χ3v) is 4.77. The fourth-order valence-corrected chi connectivity index (χ4v) is 3.01. The van der Waals surface area contributed by atoms with Crippen molar-refractivity contribution in [3.05, 3.63) is 29.8 Å². The summed E-state index contributed by atoms with van der Waals surface area (Å²) in [7, 11) is 4.26. The topological polar surface area (TPSA) is 15.3 Å². The van der Waals surface area contributed by atoms with Crippen LogP contribution in [0.5, 0.6) is 0 Å². The van der Waals surface area contributed by atoms with Gasteiger partial charge in [0.15, 0.2) is 0 Å². The standard InChI is InChI=1S/C17H28N2/c1-13-5-9-16(10-6-13)19(4)17-11-7-15(8-12-17)14(2)18-3/h7-8,11-14,16,18H,5-6,9-10H2,1-4H3. The average molecular weight is 260 g/mol. The normalized spacial score (nSPS) is 25.1. The third-order valence-electron chi connectivity index (χ3n) is 4.77. The average Bonchev–Trinajstić information content (AvgIpc) is 2.46. The molecule has 1 N–H and O–H groups in total. The summed E-state index contributed by atoms with van der Waals surface area (Å²) in [5, 5.41) is 3.28. The summed E-state index contributed by atoms with van der Waals surface area (Å²) < 4.78 is 0. The summed E-state index contributed by atoms with van der Waals surface area (Å²) in [4.78, 5) is 2.47. The lowest BCUT2D eigenvalue weighted by Gasteiger charge is -2.35. The molecular formula is C17H28N2. The second kappa shape index (κ2) is 6.42. The minimum Gasteiger partial charge on any atom is -0.372 e. The molecule has 0 spiro atoms. The van der Waals surface area contributed by atoms with E-state index < -0.39 is 0 Å². The lowest BCUT2D eigenvalue weighted by molar-refractivity contribution is 0.341. The lowest BCUT2D eigenvalue weighted by Crippen LogP contribution is -2.34. The fraction of sp³-hybridized carbons (Fsp3) is 0.647. The highest BCUT2D eigenvalue weighted by Gasteiger charge is 2.21. The number of anilines is 1. The van der Waals surface area contributed by atoms with Crippen molar-refractivity contribution in [2.45, 2.75) is 51.6 Å². The molecule has 2 rings (SSSR count). The summed E-state index contributed by atoms with van der Waals surface area (Å²) in [5.74, 6) is 0.920. The Balaban J connectivity index is 2.01. The van der Waals surface area contributed by atoms with Crippen molar-refractivity contribution in [1.29, 1.82) is 0 Å². The van der Waals surface area contributed by atoms with Crippen molar-refractivity contribution >= 4 is 5.69 Å². The van der Waals surface area contributed by atoms with Gasteiger partial charge in [0, 0.05) is 24.8 Å². The number of hydrogen-bond acceptors (Lipinski definition) is 2. The Bertz CT molecular complexity index is 377. The maximum Gasteiger partial charge on any atom is 0.0366 e. The molecule has 1 fully saturated rings. The summed E-state index contributed by atoms with van der Waals surface area (Å²) in [6, 6.07) is 10.2. The molecule has 2 heteroatoms. The second-order valence-corrected chi connectivity index (χ2v) is 6.13. The monoisotopic (exact) mass is 260 g/mol. The molecule has 1 aromatic carbocycles. The van der Waals surface area contributed by atoms with Gasteiger partial charge in [0.05, 0.1) is 0 Å². The molecule has 1 aliphatic carbocycles. The molecule has 0 heterocycles. The van der Waals surface area contributed by atoms with Gasteiger partial charge in [-0.2, -0.15) is 0 Å². The van der Waals surface area contributed by atoms with E-state index in [-0.39, 0.29) is 0 Å². The van der Waals surface area contributed by atoms with Gasteiger partial charge in [-0.1, -0.05) is 19.1 Å². The highest BCUT2D eigenvalue weighted by molar-refractivity contribution is 5.48. The van der Waals surface area contributed by atoms with Crippen molar-refractivity contribution in [2.24, 2.45) is 5.92 Å². The predicted octanol–water partition coefficient (Wildman–Crippen LogP) is 3.98. The smallest absolute Gasteiger partial charge is 0.0366 e. The first-order chi connectivity index (χ1) is 9.11. The van der Waals surface area contributed by atoms with Crippen molar-refractivity contribution in [3.63, 3.8) is 0 Å². The molecule has 0 aliphatic heterocycles. The summed E-state index contributed by atoms with van der Waals surface area (Å²) in [6.07, 6.45) is 5.44. The van der Waals surface area contributed by atoms with E-state index in [0.717, 1.165) is 12.0 Å². The van der Waals surface area contributed by atoms with E-state index in [9.17, 15) is 0 Å². The van der Waals surface area contributed by atoms with Crippen LogP contribution in [0.3, 0.4) is 0 Å². The Morgan fingerprint density at radius 1 is 1.11 bits per heavy atom. The number of rotatable bonds is 4. The summed E-state index contributed by atoms with van der Waals surface area (Å²) in [6.45, 7) is 4.57. The van der Waals surface area contributed by atoms with E-state index in [1.54, 1.807) is 0 Å². The SMILES string of the molecule is CNC(C)c1ccc(N(C)C2CCC(C)CC2)cc1. The van der Waals surface area contributed by atoms with Gasteiger partial charge in [0.2, 0.25) is 0 Å². The zero-order chi connectivity index (χ0) is 13.8. The number of nitrogens with zero attached hydrogens (tertiary/aromatic N) is 1. The van der Waals surface area contributed by atoms with Gasteiger partial charge in [-0.15, -0.1) is 0 Å². The third kappa shape index (κ3) is 3.50. The number of hydrogen-bond donors (Lipinski definition) is 1. The maximum atomic E-state index is 3.28. The molecule has 0 radical (unpaired) electrons. The Kier molecular flexibility index (Phi) is 4.87. The molecule has 106 valence electrons. The summed E-state index contributed by atoms with van der Waals surface area (Å²) >= 11 is 0. The first-order valence-electron chi connectivity index (χ1n) is 7.62. The minimum absolute atomic E-state index is 0.426. The van der Waals surface area contributed by atoms with Crippen LogP contribution in [-0.2, 0) is 0 Å². The largest absolute Gasteiger partial charge is 0.372 e. The summed E-state index contributed by atoms with van der Waals surface area (Å²) in [5.41, 5.74) is 2.71. The van der Waals surface area contributed by atoms with E-state index >= 15 is 0 Å². The molecule has 0 amide bonds. The first-order valence-corrected chi connectivity index (χ1v) is 7.62. The zero-order valence-corrected chi connectivity index (χ0v) is 12.8. The van der Waals surface area contributed by atoms with Crippen molar-refractivity contribution < 1.29 is 0 Å². The van der Waals surface area contributed by atoms with Crippen molar-refractivity contribution in [3.8, 4) is 0 Å². The molecule has 0 saturated heterocycles. The molecular weight excluding hydrogens is 232 g/mol. The maximum absolute atomic E-state index is 3.28. The lowest BCUT2D eigenvalue weighted by atomic mass is 9.86. The van der Waals surface area contributed by atoms with Crippen LogP contribution in [-0.4, -0.2) is 20.1 Å². The molecule has 1 saturated carbocycles. The zero-order valence-electron chi connectivity index (χ0n) is 12.8. The van der Waals surface area contributed by atoms with Gasteiger partial charge in [0.1, 0.15) is 0 Å². The van der Waals surface area contributed by atoms with Crippen molar-refractivity contribution in [1.82, 2.24) is 5.32 Å². The van der Waals surface area contributed by atoms with Gasteiger partial charge in [0.25, 0.3) is 0 Å². The Morgan fingerprint density at radius 3 is 2.21 bits per heavy atom. The van der Waals surface area contributed by atoms with Gasteiger partial charge in [-0.05, 0) is 63.3 Å². The highest BCUT2D eigenvalue weighted by atomic mass is 15.1. The second-order valence-electron chi connectivity index (χ2n) is 6.13. The van der Waals surface area contributed by atoms with Crippen molar-refractivity contribution in [2.75, 3.05) is 19.0 Å². The number of benzene rings is 1. The van der Waals surface area contributed by atoms with Crippen LogP contribution in [0, 0.1) is 5.92 Å². The Hall–Kier alpha value is -1.02. The molecule has 0 bridgehead atoms. The van der Waals surface area contributed by atoms with Gasteiger partial charge in [-0.3, -0.25) is 0 Å².